The van der Waals surface area contributed by atoms with Gasteiger partial charge in [-0.3, -0.25) is 4.79 Å². The van der Waals surface area contributed by atoms with Gasteiger partial charge in [0.25, 0.3) is 0 Å². The van der Waals surface area contributed by atoms with E-state index >= 15 is 0 Å². The van der Waals surface area contributed by atoms with Crippen molar-refractivity contribution in [3.63, 3.8) is 0 Å². The van der Waals surface area contributed by atoms with E-state index in [0.29, 0.717) is 16.5 Å². The molecule has 4 heteroatoms. The van der Waals surface area contributed by atoms with Crippen molar-refractivity contribution in [3.05, 3.63) is 28.6 Å². The summed E-state index contributed by atoms with van der Waals surface area (Å²) in [6.45, 7) is 0. The lowest BCUT2D eigenvalue weighted by Crippen LogP contribution is -1.84. The summed E-state index contributed by atoms with van der Waals surface area (Å²) in [5, 5.41) is 20.8. The second-order valence-electron chi connectivity index (χ2n) is 2.75. The fraction of sp³-hybridized carbons (Fsp3) is 0. The molecular formula is C10H5NO2S. The molecule has 0 saturated carbocycles. The number of phenolic OH excluding ortho intramolecular Hbond substituents is 1. The van der Waals surface area contributed by atoms with Crippen LogP contribution in [-0.4, -0.2) is 11.4 Å². The number of carbonyl (C=O) groups is 1. The van der Waals surface area contributed by atoms with Crippen molar-refractivity contribution in [2.45, 2.75) is 0 Å². The highest BCUT2D eigenvalue weighted by Crippen LogP contribution is 2.32. The maximum absolute atomic E-state index is 10.7. The Hall–Kier alpha value is -1.86. The first-order valence-electron chi connectivity index (χ1n) is 3.86. The van der Waals surface area contributed by atoms with Gasteiger partial charge in [0.15, 0.2) is 6.29 Å². The van der Waals surface area contributed by atoms with E-state index in [1.165, 1.54) is 17.4 Å². The predicted octanol–water partition coefficient (Wildman–Crippen LogP) is 2.29. The molecule has 0 aliphatic heterocycles. The van der Waals surface area contributed by atoms with Gasteiger partial charge >= 0.3 is 0 Å². The van der Waals surface area contributed by atoms with Crippen LogP contribution in [0.15, 0.2) is 17.5 Å². The van der Waals surface area contributed by atoms with Crippen LogP contribution in [0.25, 0.3) is 10.1 Å². The quantitative estimate of drug-likeness (QED) is 0.723. The van der Waals surface area contributed by atoms with Gasteiger partial charge in [0.1, 0.15) is 5.75 Å². The number of carbonyl (C=O) groups excluding carboxylic acids is 1. The lowest BCUT2D eigenvalue weighted by Gasteiger charge is -2.00. The molecule has 0 aliphatic carbocycles. The van der Waals surface area contributed by atoms with Gasteiger partial charge in [-0.05, 0) is 17.5 Å². The highest BCUT2D eigenvalue weighted by Gasteiger charge is 2.11. The average Bonchev–Trinajstić information content (AvgIpc) is 2.65. The Morgan fingerprint density at radius 1 is 1.57 bits per heavy atom. The SMILES string of the molecule is N#Cc1cc(O)c(C=O)c2sccc12. The average molecular weight is 203 g/mol. The van der Waals surface area contributed by atoms with Crippen molar-refractivity contribution < 1.29 is 9.90 Å². The Balaban J connectivity index is 2.97. The molecule has 0 saturated heterocycles. The van der Waals surface area contributed by atoms with Gasteiger partial charge in [-0.15, -0.1) is 11.3 Å². The minimum absolute atomic E-state index is 0.133. The van der Waals surface area contributed by atoms with Crippen LogP contribution in [0.1, 0.15) is 15.9 Å². The zero-order valence-corrected chi connectivity index (χ0v) is 7.84. The summed E-state index contributed by atoms with van der Waals surface area (Å²) in [7, 11) is 0. The summed E-state index contributed by atoms with van der Waals surface area (Å²) in [6, 6.07) is 5.07. The topological polar surface area (TPSA) is 61.1 Å². The van der Waals surface area contributed by atoms with Crippen LogP contribution in [0, 0.1) is 11.3 Å². The smallest absolute Gasteiger partial charge is 0.155 e. The lowest BCUT2D eigenvalue weighted by molar-refractivity contribution is 0.112. The molecule has 0 spiro atoms. The predicted molar refractivity (Wildman–Crippen MR) is 53.6 cm³/mol. The lowest BCUT2D eigenvalue weighted by atomic mass is 10.1. The summed E-state index contributed by atoms with van der Waals surface area (Å²) in [4.78, 5) is 10.7. The molecule has 0 unspecified atom stereocenters. The number of fused-ring (bicyclic) bond motifs is 1. The van der Waals surface area contributed by atoms with E-state index in [9.17, 15) is 9.90 Å². The number of aromatic hydroxyl groups is 1. The molecule has 2 aromatic rings. The molecule has 1 heterocycles. The molecular weight excluding hydrogens is 198 g/mol. The van der Waals surface area contributed by atoms with Gasteiger partial charge in [-0.25, -0.2) is 0 Å². The first kappa shape index (κ1) is 8.73. The van der Waals surface area contributed by atoms with Crippen molar-refractivity contribution in [3.8, 4) is 11.8 Å². The van der Waals surface area contributed by atoms with Crippen molar-refractivity contribution in [1.29, 1.82) is 5.26 Å². The molecule has 0 atom stereocenters. The number of thiophene rings is 1. The fourth-order valence-corrected chi connectivity index (χ4v) is 2.27. The van der Waals surface area contributed by atoms with Gasteiger partial charge in [-0.1, -0.05) is 0 Å². The minimum atomic E-state index is -0.133. The van der Waals surface area contributed by atoms with E-state index in [4.69, 9.17) is 5.26 Å². The summed E-state index contributed by atoms with van der Waals surface area (Å²) >= 11 is 1.34. The number of hydrogen-bond acceptors (Lipinski definition) is 4. The van der Waals surface area contributed by atoms with Crippen LogP contribution >= 0.6 is 11.3 Å². The van der Waals surface area contributed by atoms with E-state index in [1.54, 1.807) is 11.4 Å². The van der Waals surface area contributed by atoms with Gasteiger partial charge < -0.3 is 5.11 Å². The highest BCUT2D eigenvalue weighted by atomic mass is 32.1. The normalized spacial score (nSPS) is 9.93. The molecule has 0 radical (unpaired) electrons. The first-order valence-corrected chi connectivity index (χ1v) is 4.74. The Kier molecular flexibility index (Phi) is 1.95. The van der Waals surface area contributed by atoms with Crippen molar-refractivity contribution >= 4 is 27.7 Å². The van der Waals surface area contributed by atoms with Crippen LogP contribution in [0.3, 0.4) is 0 Å². The molecule has 1 aromatic heterocycles. The van der Waals surface area contributed by atoms with E-state index in [0.717, 1.165) is 5.39 Å². The maximum atomic E-state index is 10.7. The molecule has 2 rings (SSSR count). The fourth-order valence-electron chi connectivity index (χ4n) is 1.34. The van der Waals surface area contributed by atoms with E-state index < -0.39 is 0 Å². The van der Waals surface area contributed by atoms with Gasteiger partial charge in [-0.2, -0.15) is 5.26 Å². The number of nitrogens with zero attached hydrogens (tertiary/aromatic N) is 1. The van der Waals surface area contributed by atoms with Crippen LogP contribution in [0.2, 0.25) is 0 Å². The molecule has 68 valence electrons. The second kappa shape index (κ2) is 3.13. The van der Waals surface area contributed by atoms with Crippen LogP contribution < -0.4 is 0 Å². The third-order valence-corrected chi connectivity index (χ3v) is 2.94. The number of aldehydes is 1. The van der Waals surface area contributed by atoms with Gasteiger partial charge in [0.2, 0.25) is 0 Å². The van der Waals surface area contributed by atoms with Crippen molar-refractivity contribution in [2.75, 3.05) is 0 Å². The highest BCUT2D eigenvalue weighted by molar-refractivity contribution is 7.17. The van der Waals surface area contributed by atoms with E-state index in [-0.39, 0.29) is 11.3 Å². The molecule has 0 amide bonds. The molecule has 0 fully saturated rings. The second-order valence-corrected chi connectivity index (χ2v) is 3.67. The Morgan fingerprint density at radius 2 is 2.36 bits per heavy atom. The van der Waals surface area contributed by atoms with Gasteiger partial charge in [0, 0.05) is 10.1 Å². The first-order chi connectivity index (χ1) is 6.77. The van der Waals surface area contributed by atoms with Crippen LogP contribution in [0.5, 0.6) is 5.75 Å². The van der Waals surface area contributed by atoms with Crippen molar-refractivity contribution in [2.24, 2.45) is 0 Å². The van der Waals surface area contributed by atoms with Gasteiger partial charge in [0.05, 0.1) is 17.2 Å². The third-order valence-electron chi connectivity index (χ3n) is 2.00. The zero-order valence-electron chi connectivity index (χ0n) is 7.02. The van der Waals surface area contributed by atoms with Crippen LogP contribution in [0.4, 0.5) is 0 Å². The molecule has 3 nitrogen and oxygen atoms in total. The Bertz CT molecular complexity index is 551. The molecule has 1 aromatic carbocycles. The standard InChI is InChI=1S/C10H5NO2S/c11-4-6-3-9(13)8(5-12)10-7(6)1-2-14-10/h1-3,5,13H. The molecule has 0 aliphatic rings. The number of rotatable bonds is 1. The molecule has 14 heavy (non-hydrogen) atoms. The van der Waals surface area contributed by atoms with Crippen molar-refractivity contribution in [1.82, 2.24) is 0 Å². The zero-order chi connectivity index (χ0) is 10.1. The van der Waals surface area contributed by atoms with E-state index in [1.807, 2.05) is 6.07 Å². The number of hydrogen-bond donors (Lipinski definition) is 1. The summed E-state index contributed by atoms with van der Waals surface area (Å²) in [5.74, 6) is -0.133. The third kappa shape index (κ3) is 1.07. The number of phenols is 1. The Labute approximate surface area is 83.8 Å². The molecule has 1 N–H and O–H groups in total. The summed E-state index contributed by atoms with van der Waals surface area (Å²) in [5.41, 5.74) is 0.651. The summed E-state index contributed by atoms with van der Waals surface area (Å²) < 4.78 is 0.663. The maximum Gasteiger partial charge on any atom is 0.155 e. The minimum Gasteiger partial charge on any atom is -0.507 e. The molecule has 0 bridgehead atoms. The van der Waals surface area contributed by atoms with E-state index in [2.05, 4.69) is 0 Å². The summed E-state index contributed by atoms with van der Waals surface area (Å²) in [6.07, 6.45) is 0.606. The Morgan fingerprint density at radius 3 is 3.00 bits per heavy atom. The monoisotopic (exact) mass is 203 g/mol. The number of benzene rings is 1. The number of nitriles is 1. The largest absolute Gasteiger partial charge is 0.507 e. The van der Waals surface area contributed by atoms with Crippen LogP contribution in [-0.2, 0) is 0 Å².